The second-order valence-electron chi connectivity index (χ2n) is 4.22. The van der Waals surface area contributed by atoms with Gasteiger partial charge in [0.05, 0.1) is 25.4 Å². The number of ether oxygens (including phenoxy) is 3. The maximum Gasteiger partial charge on any atom is 0.0991 e. The number of likely N-dealkylation sites (N-methyl/N-ethyl adjacent to an activating group) is 1. The number of nitrogens with one attached hydrogen (secondary N) is 1. The highest BCUT2D eigenvalue weighted by Gasteiger charge is 2.41. The third-order valence-corrected chi connectivity index (χ3v) is 3.05. The van der Waals surface area contributed by atoms with Gasteiger partial charge in [0.15, 0.2) is 0 Å². The maximum atomic E-state index is 5.79. The Kier molecular flexibility index (Phi) is 6.96. The van der Waals surface area contributed by atoms with Crippen LogP contribution in [0.1, 0.15) is 26.2 Å². The number of hydrogen-bond donors (Lipinski definition) is 1. The summed E-state index contributed by atoms with van der Waals surface area (Å²) in [7, 11) is 3.66. The lowest BCUT2D eigenvalue weighted by Gasteiger charge is -2.43. The molecule has 3 unspecified atom stereocenters. The highest BCUT2D eigenvalue weighted by Crippen LogP contribution is 2.27. The molecule has 96 valence electrons. The zero-order valence-electron chi connectivity index (χ0n) is 10.7. The minimum absolute atomic E-state index is 0.192. The van der Waals surface area contributed by atoms with Gasteiger partial charge in [0.25, 0.3) is 0 Å². The second-order valence-corrected chi connectivity index (χ2v) is 4.22. The molecule has 0 heterocycles. The van der Waals surface area contributed by atoms with Crippen molar-refractivity contribution in [1.29, 1.82) is 0 Å². The predicted molar refractivity (Wildman–Crippen MR) is 63.7 cm³/mol. The van der Waals surface area contributed by atoms with Crippen LogP contribution in [0, 0.1) is 0 Å². The Morgan fingerprint density at radius 1 is 1.19 bits per heavy atom. The molecule has 0 aromatic carbocycles. The van der Waals surface area contributed by atoms with E-state index in [1.807, 2.05) is 7.05 Å². The van der Waals surface area contributed by atoms with E-state index in [4.69, 9.17) is 14.2 Å². The first kappa shape index (κ1) is 13.9. The fourth-order valence-corrected chi connectivity index (χ4v) is 1.90. The van der Waals surface area contributed by atoms with Crippen LogP contribution in [-0.2, 0) is 14.2 Å². The molecule has 1 aliphatic rings. The molecule has 0 spiro atoms. The van der Waals surface area contributed by atoms with Crippen molar-refractivity contribution in [2.45, 2.75) is 44.4 Å². The Bertz CT molecular complexity index is 178. The molecule has 1 saturated carbocycles. The zero-order valence-corrected chi connectivity index (χ0v) is 10.7. The quantitative estimate of drug-likeness (QED) is 0.605. The van der Waals surface area contributed by atoms with Crippen molar-refractivity contribution in [3.8, 4) is 0 Å². The maximum absolute atomic E-state index is 5.79. The molecule has 4 heteroatoms. The van der Waals surface area contributed by atoms with Crippen LogP contribution < -0.4 is 5.32 Å². The summed E-state index contributed by atoms with van der Waals surface area (Å²) in [5, 5.41) is 3.25. The van der Waals surface area contributed by atoms with Crippen molar-refractivity contribution in [2.75, 3.05) is 34.0 Å². The standard InChI is InChI=1S/C12H25NO3/c1-4-5-6-15-11-9-10(13-2)12(11)16-8-7-14-3/h10-13H,4-9H2,1-3H3. The number of methoxy groups -OCH3 is 1. The van der Waals surface area contributed by atoms with Crippen LogP contribution in [0.15, 0.2) is 0 Å². The summed E-state index contributed by atoms with van der Waals surface area (Å²) in [6.07, 6.45) is 3.82. The second kappa shape index (κ2) is 8.01. The Balaban J connectivity index is 2.18. The molecule has 4 nitrogen and oxygen atoms in total. The van der Waals surface area contributed by atoms with Gasteiger partial charge in [-0.25, -0.2) is 0 Å². The van der Waals surface area contributed by atoms with Crippen LogP contribution in [0.4, 0.5) is 0 Å². The molecule has 0 saturated heterocycles. The third kappa shape index (κ3) is 4.01. The van der Waals surface area contributed by atoms with Crippen molar-refractivity contribution in [2.24, 2.45) is 0 Å². The van der Waals surface area contributed by atoms with Crippen molar-refractivity contribution in [1.82, 2.24) is 5.32 Å². The first-order chi connectivity index (χ1) is 7.83. The lowest BCUT2D eigenvalue weighted by Crippen LogP contribution is -2.59. The molecular formula is C12H25NO3. The van der Waals surface area contributed by atoms with Gasteiger partial charge in [-0.05, 0) is 19.9 Å². The first-order valence-electron chi connectivity index (χ1n) is 6.22. The average Bonchev–Trinajstić information content (AvgIpc) is 2.28. The van der Waals surface area contributed by atoms with Crippen LogP contribution >= 0.6 is 0 Å². The van der Waals surface area contributed by atoms with E-state index in [0.717, 1.165) is 19.4 Å². The third-order valence-electron chi connectivity index (χ3n) is 3.05. The zero-order chi connectivity index (χ0) is 11.8. The van der Waals surface area contributed by atoms with Gasteiger partial charge in [-0.2, -0.15) is 0 Å². The van der Waals surface area contributed by atoms with Crippen LogP contribution in [0.2, 0.25) is 0 Å². The molecule has 1 N–H and O–H groups in total. The molecule has 0 radical (unpaired) electrons. The van der Waals surface area contributed by atoms with Crippen LogP contribution in [0.5, 0.6) is 0 Å². The average molecular weight is 231 g/mol. The molecule has 1 fully saturated rings. The van der Waals surface area contributed by atoms with Gasteiger partial charge in [-0.3, -0.25) is 0 Å². The molecule has 0 amide bonds. The van der Waals surface area contributed by atoms with E-state index in [1.54, 1.807) is 7.11 Å². The highest BCUT2D eigenvalue weighted by atomic mass is 16.6. The van der Waals surface area contributed by atoms with Gasteiger partial charge in [-0.1, -0.05) is 13.3 Å². The van der Waals surface area contributed by atoms with E-state index in [-0.39, 0.29) is 12.2 Å². The van der Waals surface area contributed by atoms with Crippen molar-refractivity contribution >= 4 is 0 Å². The van der Waals surface area contributed by atoms with E-state index in [1.165, 1.54) is 6.42 Å². The van der Waals surface area contributed by atoms with Gasteiger partial charge in [0.1, 0.15) is 0 Å². The molecule has 0 aliphatic heterocycles. The monoisotopic (exact) mass is 231 g/mol. The summed E-state index contributed by atoms with van der Waals surface area (Å²) in [4.78, 5) is 0. The minimum atomic E-state index is 0.192. The molecule has 1 aliphatic carbocycles. The highest BCUT2D eigenvalue weighted by molar-refractivity contribution is 4.96. The normalized spacial score (nSPS) is 29.1. The predicted octanol–water partition coefficient (Wildman–Crippen LogP) is 1.19. The summed E-state index contributed by atoms with van der Waals surface area (Å²) in [5.41, 5.74) is 0. The molecule has 1 rings (SSSR count). The summed E-state index contributed by atoms with van der Waals surface area (Å²) < 4.78 is 16.5. The van der Waals surface area contributed by atoms with E-state index in [9.17, 15) is 0 Å². The molecule has 0 aromatic heterocycles. The molecule has 0 aromatic rings. The van der Waals surface area contributed by atoms with Crippen LogP contribution in [0.25, 0.3) is 0 Å². The fraction of sp³-hybridized carbons (Fsp3) is 1.00. The van der Waals surface area contributed by atoms with Crippen molar-refractivity contribution in [3.05, 3.63) is 0 Å². The van der Waals surface area contributed by atoms with Crippen molar-refractivity contribution in [3.63, 3.8) is 0 Å². The van der Waals surface area contributed by atoms with E-state index < -0.39 is 0 Å². The van der Waals surface area contributed by atoms with E-state index in [0.29, 0.717) is 19.3 Å². The van der Waals surface area contributed by atoms with E-state index in [2.05, 4.69) is 12.2 Å². The van der Waals surface area contributed by atoms with Gasteiger partial charge in [0.2, 0.25) is 0 Å². The molecule has 3 atom stereocenters. The lowest BCUT2D eigenvalue weighted by atomic mass is 9.85. The lowest BCUT2D eigenvalue weighted by molar-refractivity contribution is -0.151. The largest absolute Gasteiger partial charge is 0.382 e. The summed E-state index contributed by atoms with van der Waals surface area (Å²) >= 11 is 0. The Morgan fingerprint density at radius 2 is 2.00 bits per heavy atom. The minimum Gasteiger partial charge on any atom is -0.382 e. The number of hydrogen-bond acceptors (Lipinski definition) is 4. The fourth-order valence-electron chi connectivity index (χ4n) is 1.90. The van der Waals surface area contributed by atoms with Gasteiger partial charge in [-0.15, -0.1) is 0 Å². The Labute approximate surface area is 98.6 Å². The number of rotatable bonds is 9. The topological polar surface area (TPSA) is 39.7 Å². The van der Waals surface area contributed by atoms with Gasteiger partial charge >= 0.3 is 0 Å². The SMILES string of the molecule is CCCCOC1CC(NC)C1OCCOC. The Hall–Kier alpha value is -0.160. The first-order valence-corrected chi connectivity index (χ1v) is 6.22. The van der Waals surface area contributed by atoms with Crippen LogP contribution in [-0.4, -0.2) is 52.2 Å². The molecular weight excluding hydrogens is 206 g/mol. The smallest absolute Gasteiger partial charge is 0.0991 e. The van der Waals surface area contributed by atoms with Crippen molar-refractivity contribution < 1.29 is 14.2 Å². The molecule has 16 heavy (non-hydrogen) atoms. The van der Waals surface area contributed by atoms with Crippen LogP contribution in [0.3, 0.4) is 0 Å². The Morgan fingerprint density at radius 3 is 2.62 bits per heavy atom. The van der Waals surface area contributed by atoms with Gasteiger partial charge in [0, 0.05) is 19.8 Å². The number of unbranched alkanes of at least 4 members (excludes halogenated alkanes) is 1. The summed E-state index contributed by atoms with van der Waals surface area (Å²) in [6.45, 7) is 4.32. The molecule has 0 bridgehead atoms. The summed E-state index contributed by atoms with van der Waals surface area (Å²) in [5.74, 6) is 0. The van der Waals surface area contributed by atoms with E-state index >= 15 is 0 Å². The van der Waals surface area contributed by atoms with Gasteiger partial charge < -0.3 is 19.5 Å². The summed E-state index contributed by atoms with van der Waals surface area (Å²) in [6, 6.07) is 0.434.